The lowest BCUT2D eigenvalue weighted by molar-refractivity contribution is -0.122. The van der Waals surface area contributed by atoms with Gasteiger partial charge in [0, 0.05) is 5.56 Å². The summed E-state index contributed by atoms with van der Waals surface area (Å²) in [5.74, 6) is -1.06. The molecule has 1 aromatic rings. The first kappa shape index (κ1) is 13.8. The van der Waals surface area contributed by atoms with Gasteiger partial charge in [-0.3, -0.25) is 9.59 Å². The van der Waals surface area contributed by atoms with Crippen LogP contribution in [-0.2, 0) is 4.79 Å². The van der Waals surface area contributed by atoms with Crippen LogP contribution in [0.4, 0.5) is 0 Å². The monoisotopic (exact) mass is 348 g/mol. The van der Waals surface area contributed by atoms with Gasteiger partial charge in [0.15, 0.2) is 0 Å². The second-order valence-electron chi connectivity index (χ2n) is 4.11. The third kappa shape index (κ3) is 3.32. The molecule has 0 aliphatic rings. The van der Waals surface area contributed by atoms with Gasteiger partial charge >= 0.3 is 0 Å². The molecule has 0 saturated heterocycles. The van der Waals surface area contributed by atoms with Crippen LogP contribution < -0.4 is 11.1 Å². The third-order valence-electron chi connectivity index (χ3n) is 2.25. The number of carbonyl (C=O) groups is 2. The maximum absolute atomic E-state index is 11.8. The van der Waals surface area contributed by atoms with Gasteiger partial charge in [-0.1, -0.05) is 0 Å². The van der Waals surface area contributed by atoms with E-state index >= 15 is 0 Å². The van der Waals surface area contributed by atoms with E-state index in [1.54, 1.807) is 12.1 Å². The van der Waals surface area contributed by atoms with Gasteiger partial charge in [-0.15, -0.1) is 0 Å². The molecule has 4 N–H and O–H groups in total. The molecule has 0 unspecified atom stereocenters. The molecule has 0 bridgehead atoms. The molecule has 0 aromatic heterocycles. The van der Waals surface area contributed by atoms with Crippen molar-refractivity contribution in [2.24, 2.45) is 5.73 Å². The Labute approximate surface area is 113 Å². The average Bonchev–Trinajstić information content (AvgIpc) is 2.21. The van der Waals surface area contributed by atoms with Crippen molar-refractivity contribution in [1.29, 1.82) is 0 Å². The molecule has 2 amide bonds. The number of phenols is 1. The van der Waals surface area contributed by atoms with Gasteiger partial charge in [0.05, 0.1) is 3.57 Å². The molecule has 1 rings (SSSR count). The second-order valence-corrected chi connectivity index (χ2v) is 5.27. The summed E-state index contributed by atoms with van der Waals surface area (Å²) in [5.41, 5.74) is 4.29. The summed E-state index contributed by atoms with van der Waals surface area (Å²) in [4.78, 5) is 22.9. The van der Waals surface area contributed by atoms with Crippen LogP contribution in [0.1, 0.15) is 24.2 Å². The molecule has 0 atom stereocenters. The highest BCUT2D eigenvalue weighted by molar-refractivity contribution is 14.1. The van der Waals surface area contributed by atoms with E-state index in [1.807, 2.05) is 22.6 Å². The number of benzene rings is 1. The van der Waals surface area contributed by atoms with Gasteiger partial charge in [-0.05, 0) is 54.6 Å². The standard InChI is InChI=1S/C11H13IN2O3/c1-11(2,10(13)17)14-9(16)6-3-4-7(12)8(15)5-6/h3-5,15H,1-2H3,(H2,13,17)(H,14,16). The van der Waals surface area contributed by atoms with Gasteiger partial charge in [0.25, 0.3) is 5.91 Å². The molecule has 17 heavy (non-hydrogen) atoms. The summed E-state index contributed by atoms with van der Waals surface area (Å²) in [5, 5.41) is 12.0. The fraction of sp³-hybridized carbons (Fsp3) is 0.273. The quantitative estimate of drug-likeness (QED) is 0.712. The maximum Gasteiger partial charge on any atom is 0.252 e. The van der Waals surface area contributed by atoms with Crippen molar-refractivity contribution in [3.05, 3.63) is 27.3 Å². The van der Waals surface area contributed by atoms with Crippen LogP contribution in [0.25, 0.3) is 0 Å². The number of carbonyl (C=O) groups excluding carboxylic acids is 2. The summed E-state index contributed by atoms with van der Waals surface area (Å²) >= 11 is 1.95. The van der Waals surface area contributed by atoms with Crippen molar-refractivity contribution in [2.45, 2.75) is 19.4 Å². The molecule has 0 aliphatic heterocycles. The van der Waals surface area contributed by atoms with Crippen molar-refractivity contribution in [1.82, 2.24) is 5.32 Å². The predicted molar refractivity (Wildman–Crippen MR) is 71.6 cm³/mol. The lowest BCUT2D eigenvalue weighted by Gasteiger charge is -2.22. The highest BCUT2D eigenvalue weighted by Gasteiger charge is 2.27. The number of halogens is 1. The van der Waals surface area contributed by atoms with E-state index in [0.717, 1.165) is 0 Å². The summed E-state index contributed by atoms with van der Waals surface area (Å²) in [6, 6.07) is 4.52. The maximum atomic E-state index is 11.8. The van der Waals surface area contributed by atoms with E-state index in [-0.39, 0.29) is 11.3 Å². The van der Waals surface area contributed by atoms with Crippen LogP contribution in [0, 0.1) is 3.57 Å². The van der Waals surface area contributed by atoms with E-state index < -0.39 is 17.4 Å². The highest BCUT2D eigenvalue weighted by atomic mass is 127. The topological polar surface area (TPSA) is 92.4 Å². The summed E-state index contributed by atoms with van der Waals surface area (Å²) in [6.07, 6.45) is 0. The van der Waals surface area contributed by atoms with Gasteiger partial charge in [-0.2, -0.15) is 0 Å². The first-order chi connectivity index (χ1) is 7.74. The molecule has 1 aromatic carbocycles. The summed E-state index contributed by atoms with van der Waals surface area (Å²) < 4.78 is 0.647. The molecule has 0 fully saturated rings. The van der Waals surface area contributed by atoms with Gasteiger partial charge < -0.3 is 16.2 Å². The van der Waals surface area contributed by atoms with Gasteiger partial charge in [0.1, 0.15) is 11.3 Å². The molecule has 0 spiro atoms. The van der Waals surface area contributed by atoms with E-state index in [0.29, 0.717) is 3.57 Å². The Bertz CT molecular complexity index is 472. The van der Waals surface area contributed by atoms with Crippen molar-refractivity contribution in [3.8, 4) is 5.75 Å². The minimum Gasteiger partial charge on any atom is -0.507 e. The van der Waals surface area contributed by atoms with Crippen LogP contribution in [0.3, 0.4) is 0 Å². The van der Waals surface area contributed by atoms with Crippen LogP contribution in [0.15, 0.2) is 18.2 Å². The number of phenolic OH excluding ortho intramolecular Hbond substituents is 1. The molecular formula is C11H13IN2O3. The molecular weight excluding hydrogens is 335 g/mol. The van der Waals surface area contributed by atoms with E-state index in [2.05, 4.69) is 5.32 Å². The number of primary amides is 1. The van der Waals surface area contributed by atoms with Crippen molar-refractivity contribution >= 4 is 34.4 Å². The second kappa shape index (κ2) is 4.91. The van der Waals surface area contributed by atoms with Gasteiger partial charge in [0.2, 0.25) is 5.91 Å². The highest BCUT2D eigenvalue weighted by Crippen LogP contribution is 2.20. The lowest BCUT2D eigenvalue weighted by atomic mass is 10.0. The van der Waals surface area contributed by atoms with Crippen LogP contribution in [0.2, 0.25) is 0 Å². The van der Waals surface area contributed by atoms with Crippen LogP contribution in [-0.4, -0.2) is 22.5 Å². The Morgan fingerprint density at radius 3 is 2.47 bits per heavy atom. The Morgan fingerprint density at radius 2 is 2.00 bits per heavy atom. The number of hydrogen-bond donors (Lipinski definition) is 3. The Hall–Kier alpha value is -1.31. The minimum absolute atomic E-state index is 0.0233. The van der Waals surface area contributed by atoms with Crippen LogP contribution >= 0.6 is 22.6 Å². The number of nitrogens with one attached hydrogen (secondary N) is 1. The predicted octanol–water partition coefficient (Wildman–Crippen LogP) is 0.991. The van der Waals surface area contributed by atoms with E-state index in [4.69, 9.17) is 5.73 Å². The SMILES string of the molecule is CC(C)(NC(=O)c1ccc(I)c(O)c1)C(N)=O. The number of hydrogen-bond acceptors (Lipinski definition) is 3. The van der Waals surface area contributed by atoms with E-state index in [9.17, 15) is 14.7 Å². The zero-order chi connectivity index (χ0) is 13.2. The molecule has 5 nitrogen and oxygen atoms in total. The normalized spacial score (nSPS) is 11.0. The number of rotatable bonds is 3. The van der Waals surface area contributed by atoms with Crippen LogP contribution in [0.5, 0.6) is 5.75 Å². The fourth-order valence-corrected chi connectivity index (χ4v) is 1.41. The molecule has 0 aliphatic carbocycles. The fourth-order valence-electron chi connectivity index (χ4n) is 1.07. The first-order valence-corrected chi connectivity index (χ1v) is 5.93. The number of nitrogens with two attached hydrogens (primary N) is 1. The Morgan fingerprint density at radius 1 is 1.41 bits per heavy atom. The summed E-state index contributed by atoms with van der Waals surface area (Å²) in [6.45, 7) is 3.03. The molecule has 6 heteroatoms. The zero-order valence-electron chi connectivity index (χ0n) is 9.45. The Balaban J connectivity index is 2.91. The largest absolute Gasteiger partial charge is 0.507 e. The third-order valence-corrected chi connectivity index (χ3v) is 3.16. The minimum atomic E-state index is -1.13. The average molecular weight is 348 g/mol. The van der Waals surface area contributed by atoms with E-state index in [1.165, 1.54) is 19.9 Å². The first-order valence-electron chi connectivity index (χ1n) is 4.85. The number of amides is 2. The van der Waals surface area contributed by atoms with Crippen molar-refractivity contribution < 1.29 is 14.7 Å². The molecule has 0 saturated carbocycles. The summed E-state index contributed by atoms with van der Waals surface area (Å²) in [7, 11) is 0. The van der Waals surface area contributed by atoms with Crippen molar-refractivity contribution in [3.63, 3.8) is 0 Å². The molecule has 0 radical (unpaired) electrons. The van der Waals surface area contributed by atoms with Gasteiger partial charge in [-0.25, -0.2) is 0 Å². The van der Waals surface area contributed by atoms with Crippen molar-refractivity contribution in [2.75, 3.05) is 0 Å². The zero-order valence-corrected chi connectivity index (χ0v) is 11.6. The Kier molecular flexibility index (Phi) is 3.97. The number of aromatic hydroxyl groups is 1. The lowest BCUT2D eigenvalue weighted by Crippen LogP contribution is -2.52. The molecule has 92 valence electrons. The smallest absolute Gasteiger partial charge is 0.252 e. The molecule has 0 heterocycles.